The molecule has 5 atom stereocenters. The van der Waals surface area contributed by atoms with E-state index in [4.69, 9.17) is 14.6 Å². The number of benzene rings is 1. The Morgan fingerprint density at radius 1 is 1.21 bits per heavy atom. The summed E-state index contributed by atoms with van der Waals surface area (Å²) in [6.07, 6.45) is -3.88. The van der Waals surface area contributed by atoms with Gasteiger partial charge in [0.05, 0.1) is 6.61 Å². The third kappa shape index (κ3) is 3.05. The molecule has 1 fully saturated rings. The lowest BCUT2D eigenvalue weighted by Gasteiger charge is -2.42. The number of methoxy groups -OCH3 is 1. The van der Waals surface area contributed by atoms with Crippen LogP contribution < -0.4 is 5.32 Å². The predicted octanol–water partition coefficient (Wildman–Crippen LogP) is -0.448. The van der Waals surface area contributed by atoms with E-state index < -0.39 is 30.6 Å². The van der Waals surface area contributed by atoms with Crippen molar-refractivity contribution in [3.8, 4) is 0 Å². The van der Waals surface area contributed by atoms with E-state index in [1.54, 1.807) is 0 Å². The Morgan fingerprint density at radius 2 is 1.89 bits per heavy atom. The monoisotopic (exact) mass is 269 g/mol. The predicted molar refractivity (Wildman–Crippen MR) is 68.6 cm³/mol. The highest BCUT2D eigenvalue weighted by Gasteiger charge is 2.44. The molecular formula is C13H19NO5. The van der Waals surface area contributed by atoms with Crippen molar-refractivity contribution < 1.29 is 24.8 Å². The zero-order chi connectivity index (χ0) is 13.8. The Labute approximate surface area is 111 Å². The van der Waals surface area contributed by atoms with E-state index in [1.807, 2.05) is 30.3 Å². The van der Waals surface area contributed by atoms with E-state index in [0.29, 0.717) is 0 Å². The van der Waals surface area contributed by atoms with E-state index in [2.05, 4.69) is 5.32 Å². The molecule has 0 aliphatic carbocycles. The van der Waals surface area contributed by atoms with Gasteiger partial charge in [-0.05, 0) is 12.1 Å². The second kappa shape index (κ2) is 6.31. The van der Waals surface area contributed by atoms with Crippen molar-refractivity contribution >= 4 is 5.69 Å². The standard InChI is InChI=1S/C13H19NO5/c1-18-13-10(14-8-5-3-2-4-6-8)12(17)11(16)9(7-15)19-13/h2-6,9-17H,7H2,1H3. The molecule has 1 aliphatic heterocycles. The Kier molecular flexibility index (Phi) is 4.73. The van der Waals surface area contributed by atoms with Gasteiger partial charge in [0.2, 0.25) is 0 Å². The number of aliphatic hydroxyl groups excluding tert-OH is 3. The number of para-hydroxylation sites is 1. The molecule has 106 valence electrons. The maximum Gasteiger partial charge on any atom is 0.180 e. The average molecular weight is 269 g/mol. The molecule has 0 radical (unpaired) electrons. The topological polar surface area (TPSA) is 91.2 Å². The normalized spacial score (nSPS) is 35.1. The summed E-state index contributed by atoms with van der Waals surface area (Å²) in [5.41, 5.74) is 0.784. The van der Waals surface area contributed by atoms with Crippen LogP contribution in [-0.4, -0.2) is 59.7 Å². The summed E-state index contributed by atoms with van der Waals surface area (Å²) in [7, 11) is 1.45. The molecule has 1 saturated heterocycles. The van der Waals surface area contributed by atoms with Crippen molar-refractivity contribution in [3.63, 3.8) is 0 Å². The van der Waals surface area contributed by atoms with E-state index in [9.17, 15) is 10.2 Å². The maximum absolute atomic E-state index is 10.1. The van der Waals surface area contributed by atoms with Crippen molar-refractivity contribution in [2.24, 2.45) is 0 Å². The summed E-state index contributed by atoms with van der Waals surface area (Å²) in [5.74, 6) is 0. The third-order valence-corrected chi connectivity index (χ3v) is 3.22. The number of rotatable bonds is 4. The van der Waals surface area contributed by atoms with Crippen molar-refractivity contribution in [2.45, 2.75) is 30.6 Å². The summed E-state index contributed by atoms with van der Waals surface area (Å²) in [6, 6.07) is 8.64. The minimum atomic E-state index is -1.17. The summed E-state index contributed by atoms with van der Waals surface area (Å²) in [4.78, 5) is 0. The molecule has 0 spiro atoms. The Balaban J connectivity index is 2.13. The lowest BCUT2D eigenvalue weighted by Crippen LogP contribution is -2.61. The smallest absolute Gasteiger partial charge is 0.180 e. The number of hydrogen-bond acceptors (Lipinski definition) is 6. The van der Waals surface area contributed by atoms with Gasteiger partial charge in [0, 0.05) is 12.8 Å². The van der Waals surface area contributed by atoms with Crippen molar-refractivity contribution in [3.05, 3.63) is 30.3 Å². The van der Waals surface area contributed by atoms with Crippen molar-refractivity contribution in [1.29, 1.82) is 0 Å². The van der Waals surface area contributed by atoms with Crippen LogP contribution in [0.25, 0.3) is 0 Å². The molecule has 6 nitrogen and oxygen atoms in total. The van der Waals surface area contributed by atoms with Crippen LogP contribution in [0.3, 0.4) is 0 Å². The number of aliphatic hydroxyl groups is 3. The van der Waals surface area contributed by atoms with Crippen molar-refractivity contribution in [1.82, 2.24) is 0 Å². The van der Waals surface area contributed by atoms with E-state index in [1.165, 1.54) is 7.11 Å². The zero-order valence-corrected chi connectivity index (χ0v) is 10.6. The molecule has 19 heavy (non-hydrogen) atoms. The Bertz CT molecular complexity index is 386. The second-order valence-electron chi connectivity index (χ2n) is 4.48. The first-order chi connectivity index (χ1) is 9.17. The molecule has 2 rings (SSSR count). The molecular weight excluding hydrogens is 250 g/mol. The summed E-state index contributed by atoms with van der Waals surface area (Å²) < 4.78 is 10.6. The molecule has 0 saturated carbocycles. The highest BCUT2D eigenvalue weighted by molar-refractivity contribution is 5.44. The molecule has 5 unspecified atom stereocenters. The van der Waals surface area contributed by atoms with Crippen LogP contribution in [0.1, 0.15) is 0 Å². The Morgan fingerprint density at radius 3 is 2.47 bits per heavy atom. The SMILES string of the molecule is COC1OC(CO)C(O)C(O)C1Nc1ccccc1. The maximum atomic E-state index is 10.1. The lowest BCUT2D eigenvalue weighted by molar-refractivity contribution is -0.254. The van der Waals surface area contributed by atoms with Crippen LogP contribution in [0.4, 0.5) is 5.69 Å². The second-order valence-corrected chi connectivity index (χ2v) is 4.48. The van der Waals surface area contributed by atoms with E-state index in [-0.39, 0.29) is 6.61 Å². The lowest BCUT2D eigenvalue weighted by atomic mass is 9.97. The highest BCUT2D eigenvalue weighted by atomic mass is 16.7. The fourth-order valence-electron chi connectivity index (χ4n) is 2.16. The first-order valence-corrected chi connectivity index (χ1v) is 6.14. The van der Waals surface area contributed by atoms with Gasteiger partial charge in [-0.2, -0.15) is 0 Å². The van der Waals surface area contributed by atoms with Crippen LogP contribution >= 0.6 is 0 Å². The largest absolute Gasteiger partial charge is 0.394 e. The quantitative estimate of drug-likeness (QED) is 0.592. The van der Waals surface area contributed by atoms with Gasteiger partial charge in [-0.15, -0.1) is 0 Å². The van der Waals surface area contributed by atoms with Crippen LogP contribution in [0.5, 0.6) is 0 Å². The number of anilines is 1. The Hall–Kier alpha value is -1.18. The summed E-state index contributed by atoms with van der Waals surface area (Å²) >= 11 is 0. The van der Waals surface area contributed by atoms with Gasteiger partial charge < -0.3 is 30.1 Å². The van der Waals surface area contributed by atoms with Crippen LogP contribution in [0, 0.1) is 0 Å². The number of hydrogen-bond donors (Lipinski definition) is 4. The molecule has 1 heterocycles. The van der Waals surface area contributed by atoms with Gasteiger partial charge in [0.25, 0.3) is 0 Å². The fourth-order valence-corrected chi connectivity index (χ4v) is 2.16. The minimum absolute atomic E-state index is 0.379. The van der Waals surface area contributed by atoms with Crippen molar-refractivity contribution in [2.75, 3.05) is 19.0 Å². The number of nitrogens with one attached hydrogen (secondary N) is 1. The minimum Gasteiger partial charge on any atom is -0.394 e. The molecule has 6 heteroatoms. The zero-order valence-electron chi connectivity index (χ0n) is 10.6. The summed E-state index contributed by atoms with van der Waals surface area (Å²) in [6.45, 7) is -0.379. The van der Waals surface area contributed by atoms with Crippen LogP contribution in [0.2, 0.25) is 0 Å². The van der Waals surface area contributed by atoms with Gasteiger partial charge in [0.15, 0.2) is 6.29 Å². The van der Waals surface area contributed by atoms with Gasteiger partial charge >= 0.3 is 0 Å². The highest BCUT2D eigenvalue weighted by Crippen LogP contribution is 2.24. The molecule has 1 aliphatic rings. The van der Waals surface area contributed by atoms with Crippen LogP contribution in [0.15, 0.2) is 30.3 Å². The van der Waals surface area contributed by atoms with Gasteiger partial charge in [-0.25, -0.2) is 0 Å². The molecule has 0 aromatic heterocycles. The molecule has 1 aromatic carbocycles. The molecule has 1 aromatic rings. The molecule has 0 amide bonds. The first-order valence-electron chi connectivity index (χ1n) is 6.14. The van der Waals surface area contributed by atoms with E-state index in [0.717, 1.165) is 5.69 Å². The van der Waals surface area contributed by atoms with Gasteiger partial charge in [-0.1, -0.05) is 18.2 Å². The van der Waals surface area contributed by atoms with Crippen LogP contribution in [-0.2, 0) is 9.47 Å². The molecule has 0 bridgehead atoms. The van der Waals surface area contributed by atoms with Gasteiger partial charge in [0.1, 0.15) is 24.4 Å². The van der Waals surface area contributed by atoms with Gasteiger partial charge in [-0.3, -0.25) is 0 Å². The summed E-state index contributed by atoms with van der Waals surface area (Å²) in [5, 5.41) is 32.1. The number of ether oxygens (including phenoxy) is 2. The first kappa shape index (κ1) is 14.2. The third-order valence-electron chi connectivity index (χ3n) is 3.22. The average Bonchev–Trinajstić information content (AvgIpc) is 2.45. The molecule has 4 N–H and O–H groups in total. The fraction of sp³-hybridized carbons (Fsp3) is 0.538. The van der Waals surface area contributed by atoms with E-state index >= 15 is 0 Å².